The molecular formula is C23H24ClF3N2O3S. The molecule has 0 aromatic heterocycles. The fraction of sp³-hybridized carbons (Fsp3) is 0.435. The van der Waals surface area contributed by atoms with Crippen molar-refractivity contribution in [1.82, 2.24) is 9.62 Å². The molecule has 1 amide bonds. The van der Waals surface area contributed by atoms with E-state index in [9.17, 15) is 17.8 Å². The fourth-order valence-corrected chi connectivity index (χ4v) is 5.20. The number of amides is 1. The summed E-state index contributed by atoms with van der Waals surface area (Å²) in [5.41, 5.74) is 0.214. The molecule has 1 N–H and O–H groups in total. The average molecular weight is 501 g/mol. The molecule has 2 aliphatic heterocycles. The van der Waals surface area contributed by atoms with E-state index in [4.69, 9.17) is 16.3 Å². The van der Waals surface area contributed by atoms with Crippen LogP contribution in [-0.4, -0.2) is 58.3 Å². The van der Waals surface area contributed by atoms with E-state index in [1.807, 2.05) is 0 Å². The van der Waals surface area contributed by atoms with Gasteiger partial charge in [0, 0.05) is 23.3 Å². The molecule has 5 atom stereocenters. The highest BCUT2D eigenvalue weighted by atomic mass is 35.5. The molecule has 4 rings (SSSR count). The maximum atomic E-state index is 15.5. The summed E-state index contributed by atoms with van der Waals surface area (Å²) < 4.78 is 65.2. The number of hydrogen-bond acceptors (Lipinski definition) is 3. The van der Waals surface area contributed by atoms with Crippen molar-refractivity contribution in [2.45, 2.75) is 44.1 Å². The molecule has 0 spiro atoms. The van der Waals surface area contributed by atoms with Gasteiger partial charge in [-0.1, -0.05) is 48.9 Å². The highest BCUT2D eigenvalue weighted by molar-refractivity contribution is 7.83. The number of nitrogens with zero attached hydrogens (tertiary/aromatic N) is 1. The van der Waals surface area contributed by atoms with Crippen LogP contribution in [0.4, 0.5) is 13.2 Å². The van der Waals surface area contributed by atoms with Crippen molar-refractivity contribution in [1.29, 1.82) is 0 Å². The number of nitrogens with one attached hydrogen (secondary N) is 1. The van der Waals surface area contributed by atoms with E-state index in [2.05, 4.69) is 4.72 Å². The molecule has 178 valence electrons. The summed E-state index contributed by atoms with van der Waals surface area (Å²) in [7, 11) is -1.51. The lowest BCUT2D eigenvalue weighted by Gasteiger charge is -2.34. The lowest BCUT2D eigenvalue weighted by Crippen LogP contribution is -2.52. The summed E-state index contributed by atoms with van der Waals surface area (Å²) >= 11 is 5.86. The number of alkyl halides is 1. The van der Waals surface area contributed by atoms with Crippen LogP contribution in [0.5, 0.6) is 0 Å². The first kappa shape index (κ1) is 24.2. The summed E-state index contributed by atoms with van der Waals surface area (Å²) in [6, 6.07) is 7.12. The van der Waals surface area contributed by atoms with Gasteiger partial charge in [-0.25, -0.2) is 22.1 Å². The van der Waals surface area contributed by atoms with E-state index in [1.165, 1.54) is 35.2 Å². The van der Waals surface area contributed by atoms with Crippen LogP contribution in [0.1, 0.15) is 18.9 Å². The van der Waals surface area contributed by atoms with Crippen LogP contribution in [0.2, 0.25) is 5.02 Å². The molecule has 0 radical (unpaired) electrons. The Kier molecular flexibility index (Phi) is 7.43. The van der Waals surface area contributed by atoms with Gasteiger partial charge >= 0.3 is 0 Å². The molecule has 2 saturated heterocycles. The Morgan fingerprint density at radius 2 is 1.88 bits per heavy atom. The predicted molar refractivity (Wildman–Crippen MR) is 121 cm³/mol. The lowest BCUT2D eigenvalue weighted by molar-refractivity contribution is -0.157. The van der Waals surface area contributed by atoms with Gasteiger partial charge in [0.05, 0.1) is 41.2 Å². The third kappa shape index (κ3) is 4.82. The molecule has 2 aliphatic rings. The molecule has 5 nitrogen and oxygen atoms in total. The second kappa shape index (κ2) is 10.1. The number of ether oxygens (including phenoxy) is 1. The molecule has 0 aliphatic carbocycles. The van der Waals surface area contributed by atoms with Crippen LogP contribution in [0.25, 0.3) is 11.1 Å². The molecule has 2 unspecified atom stereocenters. The fourth-order valence-electron chi connectivity index (χ4n) is 4.25. The second-order valence-electron chi connectivity index (χ2n) is 8.08. The van der Waals surface area contributed by atoms with Crippen molar-refractivity contribution in [3.63, 3.8) is 0 Å². The van der Waals surface area contributed by atoms with Gasteiger partial charge in [-0.05, 0) is 18.1 Å². The predicted octanol–water partition coefficient (Wildman–Crippen LogP) is 3.81. The third-order valence-corrected chi connectivity index (χ3v) is 7.46. The van der Waals surface area contributed by atoms with Gasteiger partial charge in [0.25, 0.3) is 5.91 Å². The van der Waals surface area contributed by atoms with Crippen molar-refractivity contribution < 1.29 is 26.9 Å². The van der Waals surface area contributed by atoms with E-state index in [-0.39, 0.29) is 46.3 Å². The minimum absolute atomic E-state index is 0.00852. The van der Waals surface area contributed by atoms with Crippen molar-refractivity contribution in [3.8, 4) is 11.1 Å². The average Bonchev–Trinajstić information content (AvgIpc) is 3.05. The highest BCUT2D eigenvalue weighted by Gasteiger charge is 2.47. The summed E-state index contributed by atoms with van der Waals surface area (Å²) in [6.45, 7) is 1.94. The van der Waals surface area contributed by atoms with Crippen LogP contribution in [-0.2, 0) is 26.9 Å². The molecule has 10 heteroatoms. The molecule has 2 fully saturated rings. The zero-order valence-electron chi connectivity index (χ0n) is 17.9. The van der Waals surface area contributed by atoms with E-state index in [0.29, 0.717) is 13.0 Å². The van der Waals surface area contributed by atoms with Gasteiger partial charge in [-0.2, -0.15) is 0 Å². The molecule has 0 saturated carbocycles. The van der Waals surface area contributed by atoms with Crippen LogP contribution in [0, 0.1) is 11.6 Å². The molecule has 2 heterocycles. The number of likely N-dealkylation sites (tertiary alicyclic amines) is 1. The number of rotatable bonds is 7. The molecule has 2 aromatic rings. The lowest BCUT2D eigenvalue weighted by atomic mass is 9.95. The van der Waals surface area contributed by atoms with Crippen LogP contribution in [0.15, 0.2) is 36.4 Å². The monoisotopic (exact) mass is 500 g/mol. The minimum atomic E-state index is -1.51. The Morgan fingerprint density at radius 1 is 1.21 bits per heavy atom. The first-order chi connectivity index (χ1) is 15.8. The highest BCUT2D eigenvalue weighted by Crippen LogP contribution is 2.33. The van der Waals surface area contributed by atoms with Gasteiger partial charge in [-0.3, -0.25) is 4.79 Å². The molecule has 2 aromatic carbocycles. The first-order valence-corrected chi connectivity index (χ1v) is 12.4. The van der Waals surface area contributed by atoms with Gasteiger partial charge in [0.2, 0.25) is 0 Å². The largest absolute Gasteiger partial charge is 0.368 e. The standard InChI is InChI=1S/C23H24ClF3N2O3S/c1-2-33(31)28-22-17(25)12-29(23(30)19-9-10-32-19)18(22)11-13-5-3-6-14(20(13)26)15-7-4-8-16(24)21(15)27/h3-8,17-19,22,28H,2,9-12H2,1H3/t17-,18-,19?,22-,33?/m0/s1. The number of benzene rings is 2. The summed E-state index contributed by atoms with van der Waals surface area (Å²) in [4.78, 5) is 14.3. The topological polar surface area (TPSA) is 58.6 Å². The quantitative estimate of drug-likeness (QED) is 0.629. The molecule has 0 bridgehead atoms. The Hall–Kier alpha value is -1.94. The molecule has 33 heavy (non-hydrogen) atoms. The Bertz CT molecular complexity index is 1070. The Balaban J connectivity index is 1.68. The van der Waals surface area contributed by atoms with Crippen molar-refractivity contribution in [2.24, 2.45) is 0 Å². The minimum Gasteiger partial charge on any atom is -0.368 e. The maximum Gasteiger partial charge on any atom is 0.252 e. The van der Waals surface area contributed by atoms with Gasteiger partial charge in [-0.15, -0.1) is 0 Å². The van der Waals surface area contributed by atoms with Crippen molar-refractivity contribution in [3.05, 3.63) is 58.6 Å². The van der Waals surface area contributed by atoms with Gasteiger partial charge < -0.3 is 9.64 Å². The first-order valence-electron chi connectivity index (χ1n) is 10.7. The maximum absolute atomic E-state index is 15.5. The second-order valence-corrected chi connectivity index (χ2v) is 10.00. The van der Waals surface area contributed by atoms with Gasteiger partial charge in [0.15, 0.2) is 0 Å². The zero-order valence-corrected chi connectivity index (χ0v) is 19.5. The summed E-state index contributed by atoms with van der Waals surface area (Å²) in [5.74, 6) is -1.52. The van der Waals surface area contributed by atoms with E-state index in [1.54, 1.807) is 13.0 Å². The Morgan fingerprint density at radius 3 is 2.52 bits per heavy atom. The van der Waals surface area contributed by atoms with E-state index in [0.717, 1.165) is 0 Å². The van der Waals surface area contributed by atoms with E-state index >= 15 is 4.39 Å². The van der Waals surface area contributed by atoms with E-state index < -0.39 is 47.0 Å². The van der Waals surface area contributed by atoms with Crippen LogP contribution < -0.4 is 4.72 Å². The van der Waals surface area contributed by atoms with Crippen LogP contribution in [0.3, 0.4) is 0 Å². The number of halogens is 4. The van der Waals surface area contributed by atoms with Gasteiger partial charge in [0.1, 0.15) is 23.9 Å². The Labute approximate surface area is 197 Å². The number of carbonyl (C=O) groups excluding carboxylic acids is 1. The zero-order chi connectivity index (χ0) is 23.7. The van der Waals surface area contributed by atoms with Crippen LogP contribution >= 0.6 is 11.6 Å². The van der Waals surface area contributed by atoms with Crippen molar-refractivity contribution in [2.75, 3.05) is 18.9 Å². The van der Waals surface area contributed by atoms with Crippen molar-refractivity contribution >= 4 is 28.5 Å². The number of carbonyl (C=O) groups is 1. The summed E-state index contributed by atoms with van der Waals surface area (Å²) in [6.07, 6.45) is -1.63. The summed E-state index contributed by atoms with van der Waals surface area (Å²) in [5, 5.41) is -0.128. The normalized spacial score (nSPS) is 25.7. The molecular weight excluding hydrogens is 477 g/mol. The number of hydrogen-bond donors (Lipinski definition) is 1. The third-order valence-electron chi connectivity index (χ3n) is 6.11. The SMILES string of the molecule is CCS(=O)N[C@H]1[C@@H](F)CN(C(=O)C2CCO2)[C@H]1Cc1cccc(-c2cccc(Cl)c2F)c1F. The smallest absolute Gasteiger partial charge is 0.252 e.